The lowest BCUT2D eigenvalue weighted by molar-refractivity contribution is 0.0977. The molecule has 0 radical (unpaired) electrons. The predicted octanol–water partition coefficient (Wildman–Crippen LogP) is 5.56. The first-order chi connectivity index (χ1) is 17.5. The van der Waals surface area contributed by atoms with Gasteiger partial charge in [0.15, 0.2) is 0 Å². The Morgan fingerprint density at radius 2 is 1.84 bits per heavy atom. The van der Waals surface area contributed by atoms with Crippen LogP contribution in [0.1, 0.15) is 66.1 Å². The molecule has 0 bridgehead atoms. The standard InChI is InChI=1S/C26H31Cl2FN2O5S/c1-15(19-10-18(27)11-22(28)25(19)35-2)31-8-6-16(7-9-31)14-36-24-13-23(29)21(12-20(24)17-4-5-17)26(32)30-37(3,33)34/h10-13,15-17H,4-9,14H2,1-3H3,(H,30,32)/t15-/m1/s1. The molecule has 2 aliphatic rings. The fourth-order valence-electron chi connectivity index (χ4n) is 4.82. The van der Waals surface area contributed by atoms with Crippen LogP contribution >= 0.6 is 23.2 Å². The third-order valence-electron chi connectivity index (χ3n) is 7.00. The number of rotatable bonds is 9. The summed E-state index contributed by atoms with van der Waals surface area (Å²) >= 11 is 12.6. The Hall–Kier alpha value is -2.07. The molecule has 0 unspecified atom stereocenters. The Balaban J connectivity index is 1.39. The number of ether oxygens (including phenoxy) is 2. The molecule has 1 aliphatic carbocycles. The Morgan fingerprint density at radius 3 is 2.43 bits per heavy atom. The summed E-state index contributed by atoms with van der Waals surface area (Å²) in [5, 5.41) is 1.05. The van der Waals surface area contributed by atoms with Crippen molar-refractivity contribution in [2.75, 3.05) is 33.1 Å². The van der Waals surface area contributed by atoms with E-state index in [0.29, 0.717) is 28.2 Å². The molecule has 1 amide bonds. The molecule has 1 N–H and O–H groups in total. The average Bonchev–Trinajstić information content (AvgIpc) is 3.66. The topological polar surface area (TPSA) is 84.9 Å². The number of nitrogens with zero attached hydrogens (tertiary/aromatic N) is 1. The minimum atomic E-state index is -3.80. The van der Waals surface area contributed by atoms with E-state index in [2.05, 4.69) is 11.8 Å². The minimum Gasteiger partial charge on any atom is -0.495 e. The maximum absolute atomic E-state index is 14.8. The van der Waals surface area contributed by atoms with Gasteiger partial charge < -0.3 is 9.47 Å². The summed E-state index contributed by atoms with van der Waals surface area (Å²) in [7, 11) is -2.20. The highest BCUT2D eigenvalue weighted by Crippen LogP contribution is 2.45. The van der Waals surface area contributed by atoms with E-state index in [4.69, 9.17) is 32.7 Å². The van der Waals surface area contributed by atoms with Gasteiger partial charge in [-0.25, -0.2) is 17.5 Å². The van der Waals surface area contributed by atoms with E-state index in [1.165, 1.54) is 12.1 Å². The van der Waals surface area contributed by atoms with E-state index in [1.807, 2.05) is 10.8 Å². The molecular formula is C26H31Cl2FN2O5S. The van der Waals surface area contributed by atoms with Crippen LogP contribution in [0.5, 0.6) is 11.5 Å². The summed E-state index contributed by atoms with van der Waals surface area (Å²) in [5.41, 5.74) is 1.40. The van der Waals surface area contributed by atoms with Gasteiger partial charge in [0, 0.05) is 22.7 Å². The first-order valence-electron chi connectivity index (χ1n) is 12.2. The number of hydrogen-bond acceptors (Lipinski definition) is 6. The van der Waals surface area contributed by atoms with Crippen LogP contribution in [0.4, 0.5) is 4.39 Å². The molecule has 4 rings (SSSR count). The first-order valence-corrected chi connectivity index (χ1v) is 14.9. The number of benzene rings is 2. The molecule has 0 spiro atoms. The van der Waals surface area contributed by atoms with Crippen LogP contribution in [0.3, 0.4) is 0 Å². The largest absolute Gasteiger partial charge is 0.495 e. The Kier molecular flexibility index (Phi) is 8.58. The van der Waals surface area contributed by atoms with Crippen LogP contribution in [0, 0.1) is 11.7 Å². The van der Waals surface area contributed by atoms with Crippen LogP contribution in [0.15, 0.2) is 24.3 Å². The van der Waals surface area contributed by atoms with E-state index in [1.54, 1.807) is 13.2 Å². The average molecular weight is 574 g/mol. The monoisotopic (exact) mass is 572 g/mol. The van der Waals surface area contributed by atoms with E-state index in [9.17, 15) is 17.6 Å². The second kappa shape index (κ2) is 11.4. The second-order valence-electron chi connectivity index (χ2n) is 9.82. The van der Waals surface area contributed by atoms with Crippen LogP contribution in [-0.4, -0.2) is 52.3 Å². The van der Waals surface area contributed by atoms with Gasteiger partial charge in [-0.15, -0.1) is 0 Å². The van der Waals surface area contributed by atoms with Crippen molar-refractivity contribution in [3.63, 3.8) is 0 Å². The number of carbonyl (C=O) groups is 1. The number of likely N-dealkylation sites (tertiary alicyclic amines) is 1. The van der Waals surface area contributed by atoms with Gasteiger partial charge >= 0.3 is 0 Å². The SMILES string of the molecule is COc1c(Cl)cc(Cl)cc1[C@@H](C)N1CCC(COc2cc(F)c(C(=O)NS(C)(=O)=O)cc2C2CC2)CC1. The number of carbonyl (C=O) groups excluding carboxylic acids is 1. The molecule has 1 aliphatic heterocycles. The minimum absolute atomic E-state index is 0.0641. The van der Waals surface area contributed by atoms with E-state index < -0.39 is 21.7 Å². The van der Waals surface area contributed by atoms with Crippen molar-refractivity contribution in [3.05, 3.63) is 56.8 Å². The zero-order valence-electron chi connectivity index (χ0n) is 21.0. The van der Waals surface area contributed by atoms with Gasteiger partial charge in [0.1, 0.15) is 17.3 Å². The highest BCUT2D eigenvalue weighted by atomic mass is 35.5. The zero-order chi connectivity index (χ0) is 26.9. The molecule has 202 valence electrons. The quantitative estimate of drug-likeness (QED) is 0.423. The van der Waals surface area contributed by atoms with Crippen molar-refractivity contribution in [1.29, 1.82) is 0 Å². The highest BCUT2D eigenvalue weighted by molar-refractivity contribution is 7.89. The van der Waals surface area contributed by atoms with E-state index >= 15 is 0 Å². The fourth-order valence-corrected chi connectivity index (χ4v) is 5.86. The lowest BCUT2D eigenvalue weighted by Gasteiger charge is -2.36. The molecule has 1 saturated carbocycles. The molecule has 1 saturated heterocycles. The lowest BCUT2D eigenvalue weighted by Crippen LogP contribution is -2.37. The number of methoxy groups -OCH3 is 1. The smallest absolute Gasteiger partial charge is 0.267 e. The summed E-state index contributed by atoms with van der Waals surface area (Å²) in [6.45, 7) is 4.23. The molecule has 1 heterocycles. The number of halogens is 3. The molecule has 0 aromatic heterocycles. The van der Waals surface area contributed by atoms with Crippen molar-refractivity contribution in [3.8, 4) is 11.5 Å². The number of piperidine rings is 1. The normalized spacial score (nSPS) is 17.9. The van der Waals surface area contributed by atoms with E-state index in [-0.39, 0.29) is 23.4 Å². The molecule has 2 aromatic rings. The lowest BCUT2D eigenvalue weighted by atomic mass is 9.95. The number of nitrogens with one attached hydrogen (secondary N) is 1. The van der Waals surface area contributed by atoms with Gasteiger partial charge in [0.25, 0.3) is 5.91 Å². The Bertz CT molecular complexity index is 1280. The molecular weight excluding hydrogens is 542 g/mol. The molecule has 2 fully saturated rings. The van der Waals surface area contributed by atoms with Crippen molar-refractivity contribution in [2.45, 2.75) is 44.6 Å². The molecule has 7 nitrogen and oxygen atoms in total. The van der Waals surface area contributed by atoms with Gasteiger partial charge in [-0.2, -0.15) is 0 Å². The third kappa shape index (κ3) is 6.88. The van der Waals surface area contributed by atoms with Crippen LogP contribution in [0.2, 0.25) is 10.0 Å². The third-order valence-corrected chi connectivity index (χ3v) is 8.06. The maximum Gasteiger partial charge on any atom is 0.267 e. The molecule has 2 aromatic carbocycles. The predicted molar refractivity (Wildman–Crippen MR) is 142 cm³/mol. The summed E-state index contributed by atoms with van der Waals surface area (Å²) in [6, 6.07) is 6.26. The van der Waals surface area contributed by atoms with Crippen LogP contribution < -0.4 is 14.2 Å². The van der Waals surface area contributed by atoms with E-state index in [0.717, 1.165) is 56.2 Å². The summed E-state index contributed by atoms with van der Waals surface area (Å²) in [6.07, 6.45) is 4.49. The van der Waals surface area contributed by atoms with Gasteiger partial charge in [-0.05, 0) is 81.3 Å². The van der Waals surface area contributed by atoms with Gasteiger partial charge in [-0.1, -0.05) is 23.2 Å². The molecule has 37 heavy (non-hydrogen) atoms. The maximum atomic E-state index is 14.8. The first kappa shape index (κ1) is 28.0. The summed E-state index contributed by atoms with van der Waals surface area (Å²) in [4.78, 5) is 14.6. The number of amides is 1. The Morgan fingerprint density at radius 1 is 1.16 bits per heavy atom. The van der Waals surface area contributed by atoms with Crippen molar-refractivity contribution in [2.24, 2.45) is 5.92 Å². The van der Waals surface area contributed by atoms with Crippen molar-refractivity contribution >= 4 is 39.1 Å². The fraction of sp³-hybridized carbons (Fsp3) is 0.500. The second-order valence-corrected chi connectivity index (χ2v) is 12.4. The van der Waals surface area contributed by atoms with Gasteiger partial charge in [0.05, 0.1) is 30.6 Å². The summed E-state index contributed by atoms with van der Waals surface area (Å²) < 4.78 is 51.0. The zero-order valence-corrected chi connectivity index (χ0v) is 23.4. The molecule has 11 heteroatoms. The van der Waals surface area contributed by atoms with Crippen molar-refractivity contribution < 1.29 is 27.1 Å². The molecule has 1 atom stereocenters. The summed E-state index contributed by atoms with van der Waals surface area (Å²) in [5.74, 6) is -0.262. The highest BCUT2D eigenvalue weighted by Gasteiger charge is 2.31. The van der Waals surface area contributed by atoms with Gasteiger partial charge in [-0.3, -0.25) is 9.69 Å². The van der Waals surface area contributed by atoms with Crippen LogP contribution in [-0.2, 0) is 10.0 Å². The van der Waals surface area contributed by atoms with Crippen molar-refractivity contribution in [1.82, 2.24) is 9.62 Å². The van der Waals surface area contributed by atoms with Gasteiger partial charge in [0.2, 0.25) is 10.0 Å². The number of sulfonamides is 1. The Labute approximate surface area is 227 Å². The van der Waals surface area contributed by atoms with Crippen LogP contribution in [0.25, 0.3) is 0 Å². The number of hydrogen-bond donors (Lipinski definition) is 1.